The van der Waals surface area contributed by atoms with Crippen molar-refractivity contribution in [1.29, 1.82) is 0 Å². The molecule has 0 amide bonds. The van der Waals surface area contributed by atoms with Gasteiger partial charge in [0, 0.05) is 6.61 Å². The van der Waals surface area contributed by atoms with E-state index >= 15 is 0 Å². The van der Waals surface area contributed by atoms with Crippen molar-refractivity contribution in [3.63, 3.8) is 0 Å². The summed E-state index contributed by atoms with van der Waals surface area (Å²) in [6.45, 7) is 1.18. The zero-order valence-corrected chi connectivity index (χ0v) is 10.3. The van der Waals surface area contributed by atoms with Crippen LogP contribution in [0.5, 0.6) is 5.88 Å². The minimum absolute atomic E-state index is 0.0418. The fraction of sp³-hybridized carbons (Fsp3) is 0.600. The molecule has 92 valence electrons. The average Bonchev–Trinajstić information content (AvgIpc) is 2.88. The molecule has 0 bridgehead atoms. The number of nitrogens with zero attached hydrogens (tertiary/aromatic N) is 2. The highest BCUT2D eigenvalue weighted by Crippen LogP contribution is 2.31. The molecular formula is C10H10Cl2N2O3. The molecule has 0 N–H and O–H groups in total. The number of rotatable bonds is 2. The van der Waals surface area contributed by atoms with Gasteiger partial charge < -0.3 is 14.2 Å². The highest BCUT2D eigenvalue weighted by Gasteiger charge is 2.43. The first-order valence-electron chi connectivity index (χ1n) is 5.32. The van der Waals surface area contributed by atoms with E-state index in [0.29, 0.717) is 18.2 Å². The highest BCUT2D eigenvalue weighted by molar-refractivity contribution is 6.32. The predicted molar refractivity (Wildman–Crippen MR) is 60.6 cm³/mol. The van der Waals surface area contributed by atoms with Crippen molar-refractivity contribution >= 4 is 23.2 Å². The van der Waals surface area contributed by atoms with Crippen molar-refractivity contribution < 1.29 is 14.2 Å². The van der Waals surface area contributed by atoms with Crippen LogP contribution < -0.4 is 4.74 Å². The van der Waals surface area contributed by atoms with Crippen LogP contribution in [0.25, 0.3) is 0 Å². The topological polar surface area (TPSA) is 53.5 Å². The third-order valence-corrected chi connectivity index (χ3v) is 3.31. The Kier molecular flexibility index (Phi) is 3.08. The van der Waals surface area contributed by atoms with Crippen LogP contribution in [0.15, 0.2) is 6.20 Å². The Morgan fingerprint density at radius 2 is 2.24 bits per heavy atom. The summed E-state index contributed by atoms with van der Waals surface area (Å²) in [5.74, 6) is 0.274. The molecule has 0 saturated carbocycles. The van der Waals surface area contributed by atoms with Gasteiger partial charge in [-0.15, -0.1) is 0 Å². The van der Waals surface area contributed by atoms with E-state index in [1.165, 1.54) is 6.20 Å². The lowest BCUT2D eigenvalue weighted by molar-refractivity contribution is 0.0289. The largest absolute Gasteiger partial charge is 0.468 e. The van der Waals surface area contributed by atoms with Crippen molar-refractivity contribution in [1.82, 2.24) is 9.97 Å². The van der Waals surface area contributed by atoms with Crippen LogP contribution in [-0.4, -0.2) is 41.5 Å². The van der Waals surface area contributed by atoms with Gasteiger partial charge in [0.2, 0.25) is 11.2 Å². The maximum atomic E-state index is 5.93. The van der Waals surface area contributed by atoms with E-state index in [0.717, 1.165) is 6.42 Å². The minimum Gasteiger partial charge on any atom is -0.468 e. The van der Waals surface area contributed by atoms with E-state index < -0.39 is 0 Å². The number of fused-ring (bicyclic) bond motifs is 1. The highest BCUT2D eigenvalue weighted by atomic mass is 35.5. The molecule has 2 saturated heterocycles. The molecule has 2 aliphatic rings. The summed E-state index contributed by atoms with van der Waals surface area (Å²) in [5, 5.41) is 0.433. The summed E-state index contributed by atoms with van der Waals surface area (Å²) >= 11 is 11.6. The first-order chi connectivity index (χ1) is 8.24. The van der Waals surface area contributed by atoms with Gasteiger partial charge in [0.25, 0.3) is 0 Å². The SMILES string of the molecule is Clc1ncc(Cl)c(O[C@@H]2CO[C@@H]3CCO[C@@H]32)n1. The average molecular weight is 277 g/mol. The van der Waals surface area contributed by atoms with E-state index in [-0.39, 0.29) is 29.5 Å². The molecule has 3 rings (SSSR count). The molecule has 0 spiro atoms. The lowest BCUT2D eigenvalue weighted by Gasteiger charge is -2.17. The molecule has 5 nitrogen and oxygen atoms in total. The van der Waals surface area contributed by atoms with Crippen LogP contribution in [0.3, 0.4) is 0 Å². The van der Waals surface area contributed by atoms with E-state index in [2.05, 4.69) is 9.97 Å². The Balaban J connectivity index is 1.76. The molecule has 2 aliphatic heterocycles. The van der Waals surface area contributed by atoms with Gasteiger partial charge >= 0.3 is 0 Å². The van der Waals surface area contributed by atoms with Gasteiger partial charge in [0.05, 0.1) is 18.9 Å². The monoisotopic (exact) mass is 276 g/mol. The molecule has 7 heteroatoms. The maximum absolute atomic E-state index is 5.93. The maximum Gasteiger partial charge on any atom is 0.237 e. The van der Waals surface area contributed by atoms with Crippen molar-refractivity contribution in [2.24, 2.45) is 0 Å². The van der Waals surface area contributed by atoms with Crippen molar-refractivity contribution in [2.75, 3.05) is 13.2 Å². The Labute approximate surface area is 108 Å². The third-order valence-electron chi connectivity index (χ3n) is 2.87. The van der Waals surface area contributed by atoms with Gasteiger partial charge in [-0.1, -0.05) is 11.6 Å². The summed E-state index contributed by atoms with van der Waals surface area (Å²) in [5.41, 5.74) is 0. The van der Waals surface area contributed by atoms with Crippen molar-refractivity contribution in [3.05, 3.63) is 16.5 Å². The van der Waals surface area contributed by atoms with Gasteiger partial charge in [0.1, 0.15) is 11.1 Å². The Morgan fingerprint density at radius 3 is 3.12 bits per heavy atom. The molecule has 0 radical (unpaired) electrons. The molecule has 0 aromatic carbocycles. The zero-order valence-electron chi connectivity index (χ0n) is 8.81. The fourth-order valence-corrected chi connectivity index (χ4v) is 2.35. The number of halogens is 2. The first kappa shape index (κ1) is 11.5. The number of aromatic nitrogens is 2. The molecule has 0 unspecified atom stereocenters. The van der Waals surface area contributed by atoms with Crippen LogP contribution in [0.2, 0.25) is 10.3 Å². The fourth-order valence-electron chi connectivity index (χ4n) is 2.09. The van der Waals surface area contributed by atoms with Crippen molar-refractivity contribution in [2.45, 2.75) is 24.7 Å². The molecule has 3 atom stereocenters. The first-order valence-corrected chi connectivity index (χ1v) is 6.07. The predicted octanol–water partition coefficient (Wildman–Crippen LogP) is 1.72. The van der Waals surface area contributed by atoms with Crippen LogP contribution in [-0.2, 0) is 9.47 Å². The summed E-state index contributed by atoms with van der Waals surface area (Å²) in [6.07, 6.45) is 2.21. The number of hydrogen-bond donors (Lipinski definition) is 0. The Hall–Kier alpha value is -0.620. The quantitative estimate of drug-likeness (QED) is 0.770. The molecule has 1 aromatic heterocycles. The summed E-state index contributed by atoms with van der Waals surface area (Å²) < 4.78 is 16.8. The van der Waals surface area contributed by atoms with Gasteiger partial charge in [-0.25, -0.2) is 4.98 Å². The van der Waals surface area contributed by atoms with Gasteiger partial charge in [-0.05, 0) is 18.0 Å². The smallest absolute Gasteiger partial charge is 0.237 e. The standard InChI is InChI=1S/C10H10Cl2N2O3/c11-5-3-13-10(12)14-9(5)17-7-4-16-6-1-2-15-8(6)7/h3,6-8H,1-2,4H2/t6-,7-,8+/m1/s1. The van der Waals surface area contributed by atoms with Gasteiger partial charge in [-0.3, -0.25) is 0 Å². The van der Waals surface area contributed by atoms with Crippen LogP contribution in [0.4, 0.5) is 0 Å². The van der Waals surface area contributed by atoms with Crippen LogP contribution in [0.1, 0.15) is 6.42 Å². The van der Waals surface area contributed by atoms with E-state index in [4.69, 9.17) is 37.4 Å². The third kappa shape index (κ3) is 2.20. The second-order valence-corrected chi connectivity index (χ2v) is 4.69. The second-order valence-electron chi connectivity index (χ2n) is 3.94. The van der Waals surface area contributed by atoms with E-state index in [1.54, 1.807) is 0 Å². The summed E-state index contributed by atoms with van der Waals surface area (Å²) in [6, 6.07) is 0. The van der Waals surface area contributed by atoms with E-state index in [1.807, 2.05) is 0 Å². The minimum atomic E-state index is -0.189. The molecule has 17 heavy (non-hydrogen) atoms. The summed E-state index contributed by atoms with van der Waals surface area (Å²) in [7, 11) is 0. The summed E-state index contributed by atoms with van der Waals surface area (Å²) in [4.78, 5) is 7.70. The van der Waals surface area contributed by atoms with Crippen molar-refractivity contribution in [3.8, 4) is 5.88 Å². The molecule has 1 aromatic rings. The zero-order chi connectivity index (χ0) is 11.8. The molecule has 3 heterocycles. The van der Waals surface area contributed by atoms with E-state index in [9.17, 15) is 0 Å². The van der Waals surface area contributed by atoms with Gasteiger partial charge in [-0.2, -0.15) is 4.98 Å². The Morgan fingerprint density at radius 1 is 1.35 bits per heavy atom. The van der Waals surface area contributed by atoms with Crippen LogP contribution >= 0.6 is 23.2 Å². The van der Waals surface area contributed by atoms with Gasteiger partial charge in [0.15, 0.2) is 6.10 Å². The number of ether oxygens (including phenoxy) is 3. The van der Waals surface area contributed by atoms with Crippen LogP contribution in [0, 0.1) is 0 Å². The number of hydrogen-bond acceptors (Lipinski definition) is 5. The molecular weight excluding hydrogens is 267 g/mol. The lowest BCUT2D eigenvalue weighted by atomic mass is 10.1. The second kappa shape index (κ2) is 4.57. The molecule has 2 fully saturated rings. The molecule has 0 aliphatic carbocycles. The Bertz CT molecular complexity index is 432. The normalized spacial score (nSPS) is 31.5. The lowest BCUT2D eigenvalue weighted by Crippen LogP contribution is -2.32.